The van der Waals surface area contributed by atoms with Crippen molar-refractivity contribution in [3.8, 4) is 11.5 Å². The number of aromatic nitrogens is 2. The fraction of sp³-hybridized carbons (Fsp3) is 0.211. The third-order valence-electron chi connectivity index (χ3n) is 4.44. The number of carbonyl (C=O) groups excluding carboxylic acids is 1. The Kier molecular flexibility index (Phi) is 3.80. The van der Waals surface area contributed by atoms with Gasteiger partial charge in [-0.25, -0.2) is 4.39 Å². The summed E-state index contributed by atoms with van der Waals surface area (Å²) >= 11 is 0. The molecule has 3 aromatic rings. The lowest BCUT2D eigenvalue weighted by Crippen LogP contribution is -2.25. The summed E-state index contributed by atoms with van der Waals surface area (Å²) in [5, 5.41) is 3.97. The molecule has 0 radical (unpaired) electrons. The molecule has 2 aromatic carbocycles. The standard InChI is InChI=1S/C19H16FN3O2/c1-12-6-2-5-9-16(12)23-11-13(10-17(23)24)18-21-19(25-22-18)14-7-3-4-8-15(14)20/h2-9,13H,10-11H2,1H3. The van der Waals surface area contributed by atoms with Crippen LogP contribution in [0.4, 0.5) is 10.1 Å². The molecule has 1 fully saturated rings. The van der Waals surface area contributed by atoms with E-state index in [2.05, 4.69) is 10.1 Å². The van der Waals surface area contributed by atoms with Gasteiger partial charge in [-0.1, -0.05) is 35.5 Å². The molecule has 1 aliphatic rings. The topological polar surface area (TPSA) is 59.2 Å². The Morgan fingerprint density at radius 1 is 1.16 bits per heavy atom. The molecule has 126 valence electrons. The second-order valence-electron chi connectivity index (χ2n) is 6.13. The maximum absolute atomic E-state index is 13.9. The Bertz CT molecular complexity index is 938. The molecule has 4 rings (SSSR count). The predicted molar refractivity (Wildman–Crippen MR) is 90.6 cm³/mol. The fourth-order valence-electron chi connectivity index (χ4n) is 3.12. The predicted octanol–water partition coefficient (Wildman–Crippen LogP) is 3.70. The summed E-state index contributed by atoms with van der Waals surface area (Å²) in [6, 6.07) is 14.0. The van der Waals surface area contributed by atoms with Gasteiger partial charge in [0, 0.05) is 24.6 Å². The van der Waals surface area contributed by atoms with Crippen LogP contribution in [0, 0.1) is 12.7 Å². The summed E-state index contributed by atoms with van der Waals surface area (Å²) in [6.45, 7) is 2.46. The molecule has 1 aliphatic heterocycles. The van der Waals surface area contributed by atoms with Crippen LogP contribution in [0.2, 0.25) is 0 Å². The summed E-state index contributed by atoms with van der Waals surface area (Å²) in [5.74, 6) is 0.00670. The number of rotatable bonds is 3. The van der Waals surface area contributed by atoms with E-state index in [0.717, 1.165) is 11.3 Å². The van der Waals surface area contributed by atoms with Crippen molar-refractivity contribution in [2.45, 2.75) is 19.3 Å². The van der Waals surface area contributed by atoms with Crippen molar-refractivity contribution in [3.05, 3.63) is 65.7 Å². The van der Waals surface area contributed by atoms with Gasteiger partial charge in [-0.15, -0.1) is 0 Å². The summed E-state index contributed by atoms with van der Waals surface area (Å²) in [5.41, 5.74) is 2.20. The lowest BCUT2D eigenvalue weighted by molar-refractivity contribution is -0.117. The van der Waals surface area contributed by atoms with Crippen LogP contribution in [0.5, 0.6) is 0 Å². The highest BCUT2D eigenvalue weighted by Crippen LogP contribution is 2.33. The maximum atomic E-state index is 13.9. The summed E-state index contributed by atoms with van der Waals surface area (Å²) < 4.78 is 19.1. The molecule has 6 heteroatoms. The average Bonchev–Trinajstić information content (AvgIpc) is 3.23. The number of carbonyl (C=O) groups is 1. The monoisotopic (exact) mass is 337 g/mol. The quantitative estimate of drug-likeness (QED) is 0.731. The minimum absolute atomic E-state index is 0.0246. The number of aryl methyl sites for hydroxylation is 1. The SMILES string of the molecule is Cc1ccccc1N1CC(c2noc(-c3ccccc3F)n2)CC1=O. The van der Waals surface area contributed by atoms with E-state index in [9.17, 15) is 9.18 Å². The van der Waals surface area contributed by atoms with Gasteiger partial charge in [0.25, 0.3) is 5.89 Å². The van der Waals surface area contributed by atoms with E-state index in [1.807, 2.05) is 31.2 Å². The van der Waals surface area contributed by atoms with Crippen molar-refractivity contribution < 1.29 is 13.7 Å². The van der Waals surface area contributed by atoms with Gasteiger partial charge in [-0.2, -0.15) is 4.98 Å². The molecule has 1 aromatic heterocycles. The Hall–Kier alpha value is -3.02. The lowest BCUT2D eigenvalue weighted by Gasteiger charge is -2.18. The Morgan fingerprint density at radius 3 is 2.72 bits per heavy atom. The summed E-state index contributed by atoms with van der Waals surface area (Å²) in [6.07, 6.45) is 0.310. The van der Waals surface area contributed by atoms with Gasteiger partial charge in [0.05, 0.1) is 5.56 Å². The van der Waals surface area contributed by atoms with Crippen molar-refractivity contribution in [2.75, 3.05) is 11.4 Å². The Morgan fingerprint density at radius 2 is 1.92 bits per heavy atom. The van der Waals surface area contributed by atoms with Gasteiger partial charge >= 0.3 is 0 Å². The second-order valence-corrected chi connectivity index (χ2v) is 6.13. The van der Waals surface area contributed by atoms with Crippen LogP contribution < -0.4 is 4.90 Å². The molecule has 1 atom stereocenters. The van der Waals surface area contributed by atoms with Crippen molar-refractivity contribution in [2.24, 2.45) is 0 Å². The molecule has 0 aliphatic carbocycles. The van der Waals surface area contributed by atoms with Gasteiger partial charge in [-0.05, 0) is 30.7 Å². The molecular weight excluding hydrogens is 321 g/mol. The number of anilines is 1. The average molecular weight is 337 g/mol. The largest absolute Gasteiger partial charge is 0.334 e. The minimum Gasteiger partial charge on any atom is -0.334 e. The van der Waals surface area contributed by atoms with Gasteiger partial charge in [-0.3, -0.25) is 4.79 Å². The van der Waals surface area contributed by atoms with Crippen LogP contribution in [0.3, 0.4) is 0 Å². The summed E-state index contributed by atoms with van der Waals surface area (Å²) in [7, 11) is 0. The van der Waals surface area contributed by atoms with Crippen molar-refractivity contribution in [1.82, 2.24) is 10.1 Å². The molecule has 25 heavy (non-hydrogen) atoms. The minimum atomic E-state index is -0.415. The van der Waals surface area contributed by atoms with E-state index in [0.29, 0.717) is 18.8 Å². The molecule has 1 unspecified atom stereocenters. The first kappa shape index (κ1) is 15.5. The van der Waals surface area contributed by atoms with E-state index in [-0.39, 0.29) is 23.3 Å². The number of hydrogen-bond acceptors (Lipinski definition) is 4. The Balaban J connectivity index is 1.59. The lowest BCUT2D eigenvalue weighted by atomic mass is 10.1. The maximum Gasteiger partial charge on any atom is 0.260 e. The smallest absolute Gasteiger partial charge is 0.260 e. The first-order valence-corrected chi connectivity index (χ1v) is 8.08. The highest BCUT2D eigenvalue weighted by molar-refractivity contribution is 5.97. The number of halogens is 1. The van der Waals surface area contributed by atoms with Crippen LogP contribution in [0.15, 0.2) is 53.1 Å². The van der Waals surface area contributed by atoms with Crippen LogP contribution in [-0.2, 0) is 4.79 Å². The third kappa shape index (κ3) is 2.80. The zero-order valence-electron chi connectivity index (χ0n) is 13.6. The van der Waals surface area contributed by atoms with Gasteiger partial charge in [0.15, 0.2) is 5.82 Å². The number of benzene rings is 2. The van der Waals surface area contributed by atoms with Gasteiger partial charge in [0.1, 0.15) is 5.82 Å². The fourth-order valence-corrected chi connectivity index (χ4v) is 3.12. The van der Waals surface area contributed by atoms with E-state index in [1.54, 1.807) is 23.1 Å². The molecule has 0 spiro atoms. The summed E-state index contributed by atoms with van der Waals surface area (Å²) in [4.78, 5) is 18.5. The molecular formula is C19H16FN3O2. The molecule has 1 saturated heterocycles. The molecule has 0 N–H and O–H groups in total. The van der Waals surface area contributed by atoms with Crippen molar-refractivity contribution in [3.63, 3.8) is 0 Å². The number of hydrogen-bond donors (Lipinski definition) is 0. The van der Waals surface area contributed by atoms with E-state index in [4.69, 9.17) is 4.52 Å². The first-order valence-electron chi connectivity index (χ1n) is 8.08. The van der Waals surface area contributed by atoms with Crippen molar-refractivity contribution in [1.29, 1.82) is 0 Å². The van der Waals surface area contributed by atoms with E-state index in [1.165, 1.54) is 6.07 Å². The molecule has 5 nitrogen and oxygen atoms in total. The van der Waals surface area contributed by atoms with E-state index < -0.39 is 5.82 Å². The highest BCUT2D eigenvalue weighted by atomic mass is 19.1. The second kappa shape index (κ2) is 6.12. The first-order chi connectivity index (χ1) is 12.1. The van der Waals surface area contributed by atoms with Gasteiger partial charge in [0.2, 0.25) is 5.91 Å². The number of amides is 1. The molecule has 1 amide bonds. The van der Waals surface area contributed by atoms with E-state index >= 15 is 0 Å². The zero-order valence-corrected chi connectivity index (χ0v) is 13.6. The molecule has 0 bridgehead atoms. The van der Waals surface area contributed by atoms with Crippen LogP contribution in [0.1, 0.15) is 23.7 Å². The normalized spacial score (nSPS) is 17.3. The van der Waals surface area contributed by atoms with Crippen molar-refractivity contribution >= 4 is 11.6 Å². The van der Waals surface area contributed by atoms with Crippen LogP contribution in [0.25, 0.3) is 11.5 Å². The number of nitrogens with zero attached hydrogens (tertiary/aromatic N) is 3. The zero-order chi connectivity index (χ0) is 17.4. The number of para-hydroxylation sites is 1. The van der Waals surface area contributed by atoms with Crippen LogP contribution in [-0.4, -0.2) is 22.6 Å². The molecule has 0 saturated carbocycles. The third-order valence-corrected chi connectivity index (χ3v) is 4.44. The highest BCUT2D eigenvalue weighted by Gasteiger charge is 2.35. The van der Waals surface area contributed by atoms with Crippen LogP contribution >= 0.6 is 0 Å². The van der Waals surface area contributed by atoms with Gasteiger partial charge < -0.3 is 9.42 Å². The molecule has 2 heterocycles. The Labute approximate surface area is 144 Å².